The van der Waals surface area contributed by atoms with Gasteiger partial charge in [-0.2, -0.15) is 0 Å². The first-order chi connectivity index (χ1) is 15.4. The molecule has 1 fully saturated rings. The molecule has 0 bridgehead atoms. The molecule has 0 radical (unpaired) electrons. The first-order valence-corrected chi connectivity index (χ1v) is 11.0. The van der Waals surface area contributed by atoms with Gasteiger partial charge in [0.15, 0.2) is 0 Å². The van der Waals surface area contributed by atoms with E-state index in [4.69, 9.17) is 5.11 Å². The summed E-state index contributed by atoms with van der Waals surface area (Å²) in [6, 6.07) is 16.5. The molecule has 3 rings (SSSR count). The number of carbonyl (C=O) groups excluding carboxylic acids is 1. The molecular weight excluding hydrogens is 402 g/mol. The van der Waals surface area contributed by atoms with Crippen LogP contribution in [-0.2, 0) is 11.2 Å². The molecule has 1 saturated heterocycles. The highest BCUT2D eigenvalue weighted by molar-refractivity contribution is 5.87. The number of hydrogen-bond donors (Lipinski definition) is 2. The van der Waals surface area contributed by atoms with Crippen molar-refractivity contribution in [1.29, 1.82) is 0 Å². The molecule has 32 heavy (non-hydrogen) atoms. The van der Waals surface area contributed by atoms with Crippen LogP contribution < -0.4 is 0 Å². The maximum Gasteiger partial charge on any atom is 0.335 e. The lowest BCUT2D eigenvalue weighted by Gasteiger charge is -2.23. The molecule has 2 aromatic carbocycles. The summed E-state index contributed by atoms with van der Waals surface area (Å²) in [5, 5.41) is 19.5. The van der Waals surface area contributed by atoms with E-state index < -0.39 is 12.1 Å². The van der Waals surface area contributed by atoms with E-state index in [9.17, 15) is 14.7 Å². The van der Waals surface area contributed by atoms with Crippen LogP contribution in [0, 0.1) is 17.8 Å². The number of carbonyl (C=O) groups is 2. The number of aromatic carboxylic acids is 1. The number of carboxylic acid groups (broad SMARTS) is 1. The molecule has 1 aliphatic heterocycles. The number of amides is 1. The Morgan fingerprint density at radius 2 is 1.91 bits per heavy atom. The van der Waals surface area contributed by atoms with Crippen LogP contribution >= 0.6 is 0 Å². The summed E-state index contributed by atoms with van der Waals surface area (Å²) in [5.74, 6) is 5.39. The highest BCUT2D eigenvalue weighted by Gasteiger charge is 2.28. The van der Waals surface area contributed by atoms with Gasteiger partial charge in [0.1, 0.15) is 0 Å². The number of nitrogens with zero attached hydrogens (tertiary/aromatic N) is 1. The fourth-order valence-corrected chi connectivity index (χ4v) is 3.70. The largest absolute Gasteiger partial charge is 0.478 e. The van der Waals surface area contributed by atoms with Gasteiger partial charge in [0, 0.05) is 24.9 Å². The Hall–Kier alpha value is -3.36. The molecule has 1 heterocycles. The molecule has 3 atom stereocenters. The minimum absolute atomic E-state index is 0.0132. The van der Waals surface area contributed by atoms with E-state index in [0.717, 1.165) is 17.5 Å². The van der Waals surface area contributed by atoms with Crippen LogP contribution in [0.25, 0.3) is 0 Å². The third-order valence-electron chi connectivity index (χ3n) is 5.76. The monoisotopic (exact) mass is 431 g/mol. The lowest BCUT2D eigenvalue weighted by Crippen LogP contribution is -2.34. The molecule has 0 spiro atoms. The van der Waals surface area contributed by atoms with Crippen molar-refractivity contribution >= 4 is 11.9 Å². The Labute approximate surface area is 189 Å². The zero-order valence-corrected chi connectivity index (χ0v) is 18.3. The summed E-state index contributed by atoms with van der Waals surface area (Å²) in [5.41, 5.74) is 2.20. The predicted molar refractivity (Wildman–Crippen MR) is 124 cm³/mol. The Morgan fingerprint density at radius 1 is 1.19 bits per heavy atom. The molecule has 3 unspecified atom stereocenters. The molecule has 166 valence electrons. The van der Waals surface area contributed by atoms with Gasteiger partial charge in [-0.3, -0.25) is 4.79 Å². The fraction of sp³-hybridized carbons (Fsp3) is 0.333. The number of likely N-dealkylation sites (tertiary alicyclic amines) is 1. The first-order valence-electron chi connectivity index (χ1n) is 11.0. The van der Waals surface area contributed by atoms with E-state index in [1.54, 1.807) is 30.3 Å². The Balaban J connectivity index is 1.52. The van der Waals surface area contributed by atoms with Gasteiger partial charge in [-0.05, 0) is 48.6 Å². The minimum atomic E-state index is -0.949. The molecule has 5 nitrogen and oxygen atoms in total. The number of carboxylic acids is 1. The van der Waals surface area contributed by atoms with E-state index in [0.29, 0.717) is 25.8 Å². The predicted octanol–water partition coefficient (Wildman–Crippen LogP) is 3.91. The van der Waals surface area contributed by atoms with Crippen molar-refractivity contribution in [3.05, 3.63) is 83.4 Å². The number of rotatable bonds is 8. The molecule has 0 aromatic heterocycles. The van der Waals surface area contributed by atoms with E-state index >= 15 is 0 Å². The lowest BCUT2D eigenvalue weighted by atomic mass is 9.99. The molecule has 1 aliphatic rings. The van der Waals surface area contributed by atoms with Crippen molar-refractivity contribution in [2.75, 3.05) is 6.54 Å². The van der Waals surface area contributed by atoms with Gasteiger partial charge in [0.05, 0.1) is 17.7 Å². The molecular formula is C27H29NO4. The maximum atomic E-state index is 12.3. The van der Waals surface area contributed by atoms with Gasteiger partial charge in [-0.1, -0.05) is 61.2 Å². The average molecular weight is 432 g/mol. The normalized spacial score (nSPS) is 17.8. The van der Waals surface area contributed by atoms with E-state index in [1.165, 1.54) is 0 Å². The van der Waals surface area contributed by atoms with Crippen molar-refractivity contribution in [2.24, 2.45) is 5.92 Å². The van der Waals surface area contributed by atoms with Crippen LogP contribution in [0.3, 0.4) is 0 Å². The van der Waals surface area contributed by atoms with Crippen LogP contribution in [0.15, 0.2) is 66.7 Å². The number of aliphatic hydroxyl groups excluding tert-OH is 1. The van der Waals surface area contributed by atoms with Crippen molar-refractivity contribution < 1.29 is 19.8 Å². The van der Waals surface area contributed by atoms with Crippen LogP contribution in [0.5, 0.6) is 0 Å². The summed E-state index contributed by atoms with van der Waals surface area (Å²) in [6.45, 7) is 2.53. The zero-order valence-electron chi connectivity index (χ0n) is 18.3. The van der Waals surface area contributed by atoms with Crippen LogP contribution in [0.1, 0.15) is 47.7 Å². The summed E-state index contributed by atoms with van der Waals surface area (Å²) in [6.07, 6.45) is 5.57. The molecule has 0 aliphatic carbocycles. The molecule has 2 aromatic rings. The van der Waals surface area contributed by atoms with Crippen LogP contribution in [0.2, 0.25) is 0 Å². The summed E-state index contributed by atoms with van der Waals surface area (Å²) < 4.78 is 0. The molecule has 5 heteroatoms. The van der Waals surface area contributed by atoms with Gasteiger partial charge >= 0.3 is 5.97 Å². The van der Waals surface area contributed by atoms with Gasteiger partial charge in [0.2, 0.25) is 5.91 Å². The van der Waals surface area contributed by atoms with Crippen molar-refractivity contribution in [1.82, 2.24) is 4.90 Å². The first kappa shape index (κ1) is 23.3. The zero-order chi connectivity index (χ0) is 22.9. The second kappa shape index (κ2) is 11.3. The van der Waals surface area contributed by atoms with Crippen LogP contribution in [0.4, 0.5) is 0 Å². The minimum Gasteiger partial charge on any atom is -0.478 e. The smallest absolute Gasteiger partial charge is 0.335 e. The third kappa shape index (κ3) is 6.57. The summed E-state index contributed by atoms with van der Waals surface area (Å²) in [4.78, 5) is 25.2. The van der Waals surface area contributed by atoms with E-state index in [1.807, 2.05) is 48.2 Å². The Kier molecular flexibility index (Phi) is 8.24. The topological polar surface area (TPSA) is 77.8 Å². The molecule has 1 amide bonds. The lowest BCUT2D eigenvalue weighted by molar-refractivity contribution is -0.128. The van der Waals surface area contributed by atoms with Crippen molar-refractivity contribution in [3.63, 3.8) is 0 Å². The van der Waals surface area contributed by atoms with Gasteiger partial charge in [-0.15, -0.1) is 0 Å². The quantitative estimate of drug-likeness (QED) is 0.491. The highest BCUT2D eigenvalue weighted by atomic mass is 16.4. The van der Waals surface area contributed by atoms with Crippen molar-refractivity contribution in [2.45, 2.75) is 44.8 Å². The van der Waals surface area contributed by atoms with Gasteiger partial charge < -0.3 is 15.1 Å². The standard InChI is InChI=1S/C27H29NO4/c1-20(6-5-9-21-7-3-2-4-8-21)25(29)16-14-24-15-17-26(30)28(24)19-18-22-10-12-23(13-11-22)27(31)32/h2-4,7-8,10-14,16,20,24-25,29H,6,15,17-19H2,1H3,(H,31,32)/b16-14+. The third-order valence-corrected chi connectivity index (χ3v) is 5.76. The SMILES string of the molecule is CC(CC#Cc1ccccc1)C(O)/C=C/C1CCC(=O)N1CCc1ccc(C(=O)O)cc1. The molecule has 2 N–H and O–H groups in total. The Morgan fingerprint density at radius 3 is 2.59 bits per heavy atom. The molecule has 0 saturated carbocycles. The van der Waals surface area contributed by atoms with Gasteiger partial charge in [-0.25, -0.2) is 4.79 Å². The number of aliphatic hydroxyl groups is 1. The number of hydrogen-bond acceptors (Lipinski definition) is 3. The average Bonchev–Trinajstić information content (AvgIpc) is 3.16. The van der Waals surface area contributed by atoms with E-state index in [2.05, 4.69) is 11.8 Å². The summed E-state index contributed by atoms with van der Waals surface area (Å²) >= 11 is 0. The summed E-state index contributed by atoms with van der Waals surface area (Å²) in [7, 11) is 0. The maximum absolute atomic E-state index is 12.3. The highest BCUT2D eigenvalue weighted by Crippen LogP contribution is 2.21. The second-order valence-electron chi connectivity index (χ2n) is 8.17. The van der Waals surface area contributed by atoms with Crippen molar-refractivity contribution in [3.8, 4) is 11.8 Å². The van der Waals surface area contributed by atoms with Crippen LogP contribution in [-0.4, -0.2) is 45.7 Å². The number of benzene rings is 2. The second-order valence-corrected chi connectivity index (χ2v) is 8.17. The van der Waals surface area contributed by atoms with E-state index in [-0.39, 0.29) is 23.4 Å². The Bertz CT molecular complexity index is 1000. The fourth-order valence-electron chi connectivity index (χ4n) is 3.70. The van der Waals surface area contributed by atoms with Gasteiger partial charge in [0.25, 0.3) is 0 Å².